The van der Waals surface area contributed by atoms with Gasteiger partial charge in [-0.1, -0.05) is 0 Å². The predicted octanol–water partition coefficient (Wildman–Crippen LogP) is 3.42. The summed E-state index contributed by atoms with van der Waals surface area (Å²) in [6.45, 7) is 2.15. The van der Waals surface area contributed by atoms with Crippen LogP contribution in [-0.2, 0) is 0 Å². The summed E-state index contributed by atoms with van der Waals surface area (Å²) in [6.07, 6.45) is 4.72. The van der Waals surface area contributed by atoms with Crippen molar-refractivity contribution in [2.24, 2.45) is 5.73 Å². The number of benzene rings is 3. The Morgan fingerprint density at radius 3 is 1.85 bits per heavy atom. The van der Waals surface area contributed by atoms with Gasteiger partial charge in [-0.05, 0) is 69.8 Å². The van der Waals surface area contributed by atoms with Crippen molar-refractivity contribution in [3.8, 4) is 0 Å². The van der Waals surface area contributed by atoms with Crippen LogP contribution in [0.3, 0.4) is 0 Å². The summed E-state index contributed by atoms with van der Waals surface area (Å²) >= 11 is 4.62. The largest absolute Gasteiger partial charge is 0.0439 e. The van der Waals surface area contributed by atoms with Gasteiger partial charge in [-0.25, -0.2) is 0 Å². The molecule has 0 atom stereocenters. The van der Waals surface area contributed by atoms with Crippen LogP contribution in [0.1, 0.15) is 31.2 Å². The minimum Gasteiger partial charge on any atom is -0.0439 e. The number of hydrogen-bond acceptors (Lipinski definition) is 5. The number of nitrogens with one attached hydrogen (secondary N) is 4. The van der Waals surface area contributed by atoms with E-state index in [1.54, 1.807) is 0 Å². The van der Waals surface area contributed by atoms with Crippen molar-refractivity contribution in [2.45, 2.75) is 44.7 Å². The molecule has 0 bridgehead atoms. The zero-order chi connectivity index (χ0) is 23.2. The Morgan fingerprint density at radius 1 is 0.758 bits per heavy atom. The third-order valence-corrected chi connectivity index (χ3v) is 10.5. The molecule has 3 aromatic rings. The van der Waals surface area contributed by atoms with Crippen LogP contribution in [-0.4, -0.2) is 12.1 Å². The van der Waals surface area contributed by atoms with Gasteiger partial charge in [-0.3, -0.25) is 0 Å². The zero-order valence-electron chi connectivity index (χ0n) is 18.5. The second kappa shape index (κ2) is 12.2. The first-order chi connectivity index (χ1) is 16.0. The number of rotatable bonds is 8. The molecule has 1 aliphatic rings. The van der Waals surface area contributed by atoms with Gasteiger partial charge in [0.05, 0.1) is 0 Å². The monoisotopic (exact) mass is 780 g/mol. The number of hydrogen-bond donors (Lipinski definition) is 5. The van der Waals surface area contributed by atoms with Gasteiger partial charge in [0.15, 0.2) is 0 Å². The van der Waals surface area contributed by atoms with Crippen molar-refractivity contribution < 1.29 is 21.5 Å². The van der Waals surface area contributed by atoms with E-state index in [0.29, 0.717) is 12.1 Å². The van der Waals surface area contributed by atoms with Gasteiger partial charge in [0, 0.05) is 7.14 Å². The van der Waals surface area contributed by atoms with Crippen molar-refractivity contribution in [3.05, 3.63) is 76.9 Å². The average Bonchev–Trinajstić information content (AvgIpc) is 2.82. The molecular weight excluding hydrogens is 751 g/mol. The summed E-state index contributed by atoms with van der Waals surface area (Å²) in [5, 5.41) is 3.49. The smallest absolute Gasteiger partial charge is 0.0190 e. The first-order valence-electron chi connectivity index (χ1n) is 11.1. The molecule has 1 fully saturated rings. The normalized spacial score (nSPS) is 18.2. The van der Waals surface area contributed by atoms with Crippen molar-refractivity contribution in [1.82, 2.24) is 3.53 Å². The molecule has 33 heavy (non-hydrogen) atoms. The summed E-state index contributed by atoms with van der Waals surface area (Å²) in [4.78, 5) is 0. The van der Waals surface area contributed by atoms with E-state index in [0.717, 1.165) is 35.6 Å². The molecule has 0 saturated heterocycles. The third kappa shape index (κ3) is 7.58. The SMILES string of the molecule is Cc1c(I)cc(Nc2ccc(NNc3ccc([I-]NC4CCC(N)CC4)cc3)cc2)cc1I. The van der Waals surface area contributed by atoms with Crippen LogP contribution >= 0.6 is 45.2 Å². The summed E-state index contributed by atoms with van der Waals surface area (Å²) in [5.41, 5.74) is 18.2. The second-order valence-corrected chi connectivity index (χ2v) is 13.1. The van der Waals surface area contributed by atoms with Gasteiger partial charge < -0.3 is 0 Å². The summed E-state index contributed by atoms with van der Waals surface area (Å²) < 4.78 is 7.73. The molecule has 0 radical (unpaired) electrons. The molecule has 1 saturated carbocycles. The van der Waals surface area contributed by atoms with Crippen LogP contribution in [0.2, 0.25) is 0 Å². The Kier molecular flexibility index (Phi) is 9.36. The van der Waals surface area contributed by atoms with Crippen LogP contribution < -0.4 is 46.9 Å². The van der Waals surface area contributed by atoms with Crippen molar-refractivity contribution in [3.63, 3.8) is 0 Å². The fourth-order valence-electron chi connectivity index (χ4n) is 3.63. The van der Waals surface area contributed by atoms with Crippen molar-refractivity contribution in [2.75, 3.05) is 16.2 Å². The van der Waals surface area contributed by atoms with Gasteiger partial charge in [0.2, 0.25) is 0 Å². The topological polar surface area (TPSA) is 74.1 Å². The maximum absolute atomic E-state index is 6.01. The molecule has 0 amide bonds. The average molecular weight is 780 g/mol. The van der Waals surface area contributed by atoms with Crippen LogP contribution in [0.5, 0.6) is 0 Å². The number of anilines is 4. The van der Waals surface area contributed by atoms with E-state index in [1.807, 2.05) is 0 Å². The third-order valence-electron chi connectivity index (χ3n) is 5.74. The molecule has 6 N–H and O–H groups in total. The minimum atomic E-state index is -0.159. The maximum atomic E-state index is 6.01. The van der Waals surface area contributed by atoms with E-state index in [-0.39, 0.29) is 21.5 Å². The number of halogens is 3. The summed E-state index contributed by atoms with van der Waals surface area (Å²) in [6, 6.07) is 22.4. The summed E-state index contributed by atoms with van der Waals surface area (Å²) in [5.74, 6) is 0. The molecule has 0 spiro atoms. The first kappa shape index (κ1) is 25.3. The van der Waals surface area contributed by atoms with Gasteiger partial charge in [0.25, 0.3) is 0 Å². The van der Waals surface area contributed by atoms with Crippen LogP contribution in [0, 0.1) is 17.6 Å². The molecule has 4 rings (SSSR count). The minimum absolute atomic E-state index is 0.159. The van der Waals surface area contributed by atoms with E-state index >= 15 is 0 Å². The first-order valence-corrected chi connectivity index (χ1v) is 15.4. The molecular formula is C25H29I3N5-. The molecule has 0 aliphatic heterocycles. The molecule has 176 valence electrons. The Labute approximate surface area is 234 Å². The standard InChI is InChI=1S/C25H29I3N5/c1-16-24(26)14-23(15-25(16)27)30-19-10-12-22(13-11-19)33-32-21-6-2-17(3-7-21)28-31-20-8-4-18(29)5-9-20/h2-3,6-7,10-15,18,20,30-33H,4-5,8-9,29H2,1H3/q-1. The Morgan fingerprint density at radius 2 is 1.27 bits per heavy atom. The number of hydrazine groups is 1. The quantitative estimate of drug-likeness (QED) is 0.138. The van der Waals surface area contributed by atoms with Crippen LogP contribution in [0.25, 0.3) is 0 Å². The fourth-order valence-corrected chi connectivity index (χ4v) is 7.54. The maximum Gasteiger partial charge on any atom is 0.0190 e. The van der Waals surface area contributed by atoms with E-state index in [9.17, 15) is 0 Å². The van der Waals surface area contributed by atoms with Gasteiger partial charge in [-0.15, -0.1) is 0 Å². The molecule has 0 aromatic heterocycles. The molecule has 3 aromatic carbocycles. The Bertz CT molecular complexity index is 1030. The zero-order valence-corrected chi connectivity index (χ0v) is 24.9. The Balaban J connectivity index is 1.24. The Hall–Kier alpha value is -0.830. The van der Waals surface area contributed by atoms with Crippen molar-refractivity contribution >= 4 is 67.9 Å². The van der Waals surface area contributed by atoms with E-state index < -0.39 is 0 Å². The van der Waals surface area contributed by atoms with E-state index in [2.05, 4.69) is 132 Å². The molecule has 5 nitrogen and oxygen atoms in total. The van der Waals surface area contributed by atoms with Gasteiger partial charge in [0.1, 0.15) is 0 Å². The van der Waals surface area contributed by atoms with E-state index in [4.69, 9.17) is 5.73 Å². The van der Waals surface area contributed by atoms with Gasteiger partial charge in [-0.2, -0.15) is 0 Å². The summed E-state index contributed by atoms with van der Waals surface area (Å²) in [7, 11) is 0. The van der Waals surface area contributed by atoms with Crippen LogP contribution in [0.15, 0.2) is 60.7 Å². The molecule has 0 unspecified atom stereocenters. The second-order valence-electron chi connectivity index (χ2n) is 8.34. The molecule has 0 heterocycles. The van der Waals surface area contributed by atoms with Crippen molar-refractivity contribution in [1.29, 1.82) is 0 Å². The van der Waals surface area contributed by atoms with Crippen LogP contribution in [0.4, 0.5) is 22.7 Å². The predicted molar refractivity (Wildman–Crippen MR) is 152 cm³/mol. The molecule has 1 aliphatic carbocycles. The van der Waals surface area contributed by atoms with Gasteiger partial charge >= 0.3 is 160 Å². The van der Waals surface area contributed by atoms with E-state index in [1.165, 1.54) is 29.1 Å². The molecule has 8 heteroatoms. The number of nitrogens with two attached hydrogens (primary N) is 1. The fraction of sp³-hybridized carbons (Fsp3) is 0.280.